The van der Waals surface area contributed by atoms with Gasteiger partial charge in [0.15, 0.2) is 17.2 Å². The molecule has 0 aliphatic carbocycles. The predicted octanol–water partition coefficient (Wildman–Crippen LogP) is 3.99. The van der Waals surface area contributed by atoms with E-state index in [1.165, 1.54) is 4.68 Å². The Labute approximate surface area is 191 Å². The highest BCUT2D eigenvalue weighted by molar-refractivity contribution is 6.02. The van der Waals surface area contributed by atoms with Gasteiger partial charge in [0.25, 0.3) is 5.91 Å². The van der Waals surface area contributed by atoms with Gasteiger partial charge in [-0.15, -0.1) is 0 Å². The SMILES string of the molecule is CCOc1ccc(COc2ccc(NC(=O)c3ccn(CCC(=O)O)n3)cc2)cc1OCC. The number of nitrogens with zero attached hydrogens (tertiary/aromatic N) is 2. The Kier molecular flexibility index (Phi) is 8.29. The van der Waals surface area contributed by atoms with Crippen LogP contribution in [0.2, 0.25) is 0 Å². The van der Waals surface area contributed by atoms with Gasteiger partial charge in [-0.25, -0.2) is 0 Å². The van der Waals surface area contributed by atoms with Crippen LogP contribution in [-0.4, -0.2) is 40.0 Å². The van der Waals surface area contributed by atoms with E-state index < -0.39 is 5.97 Å². The molecule has 9 nitrogen and oxygen atoms in total. The van der Waals surface area contributed by atoms with Crippen molar-refractivity contribution in [2.45, 2.75) is 33.4 Å². The second kappa shape index (κ2) is 11.6. The van der Waals surface area contributed by atoms with Gasteiger partial charge in [0.2, 0.25) is 0 Å². The second-order valence-electron chi connectivity index (χ2n) is 7.02. The fraction of sp³-hybridized carbons (Fsp3) is 0.292. The second-order valence-corrected chi connectivity index (χ2v) is 7.02. The van der Waals surface area contributed by atoms with Crippen molar-refractivity contribution in [3.05, 3.63) is 66.0 Å². The van der Waals surface area contributed by atoms with Crippen molar-refractivity contribution < 1.29 is 28.9 Å². The Morgan fingerprint density at radius 1 is 0.970 bits per heavy atom. The van der Waals surface area contributed by atoms with Crippen LogP contribution < -0.4 is 19.5 Å². The lowest BCUT2D eigenvalue weighted by molar-refractivity contribution is -0.137. The number of amides is 1. The van der Waals surface area contributed by atoms with Crippen molar-refractivity contribution in [2.24, 2.45) is 0 Å². The van der Waals surface area contributed by atoms with Gasteiger partial charge >= 0.3 is 5.97 Å². The molecule has 9 heteroatoms. The van der Waals surface area contributed by atoms with E-state index in [9.17, 15) is 9.59 Å². The van der Waals surface area contributed by atoms with Crippen molar-refractivity contribution in [1.82, 2.24) is 9.78 Å². The quantitative estimate of drug-likeness (QED) is 0.426. The molecule has 0 saturated heterocycles. The van der Waals surface area contributed by atoms with Crippen molar-refractivity contribution in [3.8, 4) is 17.2 Å². The summed E-state index contributed by atoms with van der Waals surface area (Å²) in [5.74, 6) is 0.739. The summed E-state index contributed by atoms with van der Waals surface area (Å²) in [6.45, 7) is 5.50. The highest BCUT2D eigenvalue weighted by atomic mass is 16.5. The van der Waals surface area contributed by atoms with Crippen LogP contribution in [0.4, 0.5) is 5.69 Å². The van der Waals surface area contributed by atoms with Crippen LogP contribution >= 0.6 is 0 Å². The molecule has 3 aromatic rings. The molecular weight excluding hydrogens is 426 g/mol. The molecule has 0 aliphatic rings. The lowest BCUT2D eigenvalue weighted by Gasteiger charge is -2.13. The van der Waals surface area contributed by atoms with E-state index in [1.807, 2.05) is 32.0 Å². The maximum absolute atomic E-state index is 12.4. The standard InChI is InChI=1S/C24H27N3O6/c1-3-31-21-10-5-17(15-22(21)32-4-2)16-33-19-8-6-18(7-9-19)25-24(30)20-11-13-27(26-20)14-12-23(28)29/h5-11,13,15H,3-4,12,14,16H2,1-2H3,(H,25,30)(H,28,29). The van der Waals surface area contributed by atoms with Crippen LogP contribution in [0, 0.1) is 0 Å². The minimum absolute atomic E-state index is 0.0617. The summed E-state index contributed by atoms with van der Waals surface area (Å²) in [7, 11) is 0. The number of carboxylic acids is 1. The number of nitrogens with one attached hydrogen (secondary N) is 1. The van der Waals surface area contributed by atoms with Crippen LogP contribution in [0.3, 0.4) is 0 Å². The normalized spacial score (nSPS) is 10.5. The number of hydrogen-bond donors (Lipinski definition) is 2. The van der Waals surface area contributed by atoms with E-state index in [0.29, 0.717) is 42.8 Å². The van der Waals surface area contributed by atoms with Crippen LogP contribution in [0.15, 0.2) is 54.7 Å². The first kappa shape index (κ1) is 23.6. The monoisotopic (exact) mass is 453 g/mol. The zero-order valence-electron chi connectivity index (χ0n) is 18.6. The minimum Gasteiger partial charge on any atom is -0.490 e. The molecule has 0 radical (unpaired) electrons. The van der Waals surface area contributed by atoms with Gasteiger partial charge in [-0.2, -0.15) is 5.10 Å². The average Bonchev–Trinajstić information content (AvgIpc) is 3.28. The molecule has 0 atom stereocenters. The number of rotatable bonds is 12. The average molecular weight is 453 g/mol. The van der Waals surface area contributed by atoms with Crippen molar-refractivity contribution in [1.29, 1.82) is 0 Å². The summed E-state index contributed by atoms with van der Waals surface area (Å²) in [6.07, 6.45) is 1.51. The Morgan fingerprint density at radius 2 is 1.70 bits per heavy atom. The van der Waals surface area contributed by atoms with E-state index in [2.05, 4.69) is 10.4 Å². The van der Waals surface area contributed by atoms with Gasteiger partial charge in [0.1, 0.15) is 12.4 Å². The largest absolute Gasteiger partial charge is 0.490 e. The first-order valence-corrected chi connectivity index (χ1v) is 10.7. The van der Waals surface area contributed by atoms with E-state index >= 15 is 0 Å². The number of carboxylic acid groups (broad SMARTS) is 1. The number of benzene rings is 2. The summed E-state index contributed by atoms with van der Waals surface area (Å²) in [6, 6.07) is 14.2. The summed E-state index contributed by atoms with van der Waals surface area (Å²) < 4.78 is 18.5. The van der Waals surface area contributed by atoms with Crippen molar-refractivity contribution >= 4 is 17.6 Å². The third-order valence-corrected chi connectivity index (χ3v) is 4.55. The fourth-order valence-electron chi connectivity index (χ4n) is 3.00. The van der Waals surface area contributed by atoms with E-state index in [1.54, 1.807) is 36.5 Å². The van der Waals surface area contributed by atoms with Gasteiger partial charge in [0.05, 0.1) is 26.2 Å². The molecule has 0 spiro atoms. The molecule has 2 aromatic carbocycles. The Bertz CT molecular complexity index is 1080. The van der Waals surface area contributed by atoms with Gasteiger partial charge in [-0.1, -0.05) is 6.07 Å². The molecule has 0 saturated carbocycles. The highest BCUT2D eigenvalue weighted by Gasteiger charge is 2.11. The van der Waals surface area contributed by atoms with Gasteiger partial charge in [-0.3, -0.25) is 14.3 Å². The molecule has 1 heterocycles. The van der Waals surface area contributed by atoms with Gasteiger partial charge in [0, 0.05) is 11.9 Å². The number of aromatic nitrogens is 2. The molecule has 0 aliphatic heterocycles. The fourth-order valence-corrected chi connectivity index (χ4v) is 3.00. The Balaban J connectivity index is 1.54. The third kappa shape index (κ3) is 6.99. The molecule has 174 valence electrons. The van der Waals surface area contributed by atoms with Crippen LogP contribution in [-0.2, 0) is 17.9 Å². The number of hydrogen-bond acceptors (Lipinski definition) is 6. The van der Waals surface area contributed by atoms with E-state index in [0.717, 1.165) is 5.56 Å². The summed E-state index contributed by atoms with van der Waals surface area (Å²) in [4.78, 5) is 23.0. The molecule has 0 unspecified atom stereocenters. The van der Waals surface area contributed by atoms with Crippen LogP contribution in [0.5, 0.6) is 17.2 Å². The molecule has 33 heavy (non-hydrogen) atoms. The maximum Gasteiger partial charge on any atom is 0.305 e. The zero-order chi connectivity index (χ0) is 23.6. The molecule has 3 rings (SSSR count). The number of anilines is 1. The summed E-state index contributed by atoms with van der Waals surface area (Å²) in [5.41, 5.74) is 1.74. The first-order chi connectivity index (χ1) is 16.0. The molecular formula is C24H27N3O6. The Morgan fingerprint density at radius 3 is 2.39 bits per heavy atom. The number of aryl methyl sites for hydroxylation is 1. The third-order valence-electron chi connectivity index (χ3n) is 4.55. The predicted molar refractivity (Wildman–Crippen MR) is 122 cm³/mol. The molecule has 1 amide bonds. The van der Waals surface area contributed by atoms with E-state index in [-0.39, 0.29) is 24.6 Å². The molecule has 0 fully saturated rings. The minimum atomic E-state index is -0.920. The van der Waals surface area contributed by atoms with E-state index in [4.69, 9.17) is 19.3 Å². The maximum atomic E-state index is 12.4. The lowest BCUT2D eigenvalue weighted by atomic mass is 10.2. The van der Waals surface area contributed by atoms with Gasteiger partial charge < -0.3 is 24.6 Å². The smallest absolute Gasteiger partial charge is 0.305 e. The van der Waals surface area contributed by atoms with Gasteiger partial charge in [-0.05, 0) is 61.9 Å². The number of carbonyl (C=O) groups is 2. The zero-order valence-corrected chi connectivity index (χ0v) is 18.6. The highest BCUT2D eigenvalue weighted by Crippen LogP contribution is 2.29. The number of aliphatic carboxylic acids is 1. The van der Waals surface area contributed by atoms with Crippen LogP contribution in [0.1, 0.15) is 36.3 Å². The first-order valence-electron chi connectivity index (χ1n) is 10.7. The van der Waals surface area contributed by atoms with Crippen molar-refractivity contribution in [3.63, 3.8) is 0 Å². The topological polar surface area (TPSA) is 112 Å². The summed E-state index contributed by atoms with van der Waals surface area (Å²) in [5, 5.41) is 15.6. The molecule has 0 bridgehead atoms. The number of ether oxygens (including phenoxy) is 3. The Hall–Kier alpha value is -4.01. The molecule has 2 N–H and O–H groups in total. The van der Waals surface area contributed by atoms with Crippen LogP contribution in [0.25, 0.3) is 0 Å². The molecule has 1 aromatic heterocycles. The van der Waals surface area contributed by atoms with Crippen molar-refractivity contribution in [2.75, 3.05) is 18.5 Å². The lowest BCUT2D eigenvalue weighted by Crippen LogP contribution is -2.14. The summed E-state index contributed by atoms with van der Waals surface area (Å²) >= 11 is 0. The number of carbonyl (C=O) groups excluding carboxylic acids is 1.